The van der Waals surface area contributed by atoms with Crippen molar-refractivity contribution in [1.82, 2.24) is 10.3 Å². The van der Waals surface area contributed by atoms with Gasteiger partial charge in [0.15, 0.2) is 0 Å². The van der Waals surface area contributed by atoms with Crippen molar-refractivity contribution in [3.8, 4) is 0 Å². The van der Waals surface area contributed by atoms with Crippen molar-refractivity contribution in [2.24, 2.45) is 0 Å². The van der Waals surface area contributed by atoms with Crippen LogP contribution < -0.4 is 5.32 Å². The Morgan fingerprint density at radius 3 is 3.05 bits per heavy atom. The molecule has 0 radical (unpaired) electrons. The van der Waals surface area contributed by atoms with Gasteiger partial charge in [0.05, 0.1) is 7.11 Å². The topological polar surface area (TPSA) is 54.1 Å². The molecule has 4 nitrogen and oxygen atoms in total. The molecule has 0 spiro atoms. The maximum Gasteiger partial charge on any atom is 0.323 e. The van der Waals surface area contributed by atoms with Crippen molar-refractivity contribution >= 4 is 16.9 Å². The normalized spacial score (nSPS) is 12.3. The molecule has 0 aliphatic rings. The highest BCUT2D eigenvalue weighted by molar-refractivity contribution is 5.84. The fourth-order valence-corrected chi connectivity index (χ4v) is 2.13. The summed E-state index contributed by atoms with van der Waals surface area (Å²) in [4.78, 5) is 15.0. The van der Waals surface area contributed by atoms with Crippen LogP contribution in [0.1, 0.15) is 5.56 Å². The standard InChI is InChI=1S/C15H18N2O2/c1-3-8-16-14(15(18)19-2)9-11-10-17-13-7-5-4-6-12(11)13/h3-7,10,14,16-17H,1,8-9H2,2H3. The molecule has 1 aromatic heterocycles. The highest BCUT2D eigenvalue weighted by Crippen LogP contribution is 2.19. The number of methoxy groups -OCH3 is 1. The largest absolute Gasteiger partial charge is 0.468 e. The van der Waals surface area contributed by atoms with E-state index in [4.69, 9.17) is 4.74 Å². The third kappa shape index (κ3) is 3.03. The molecule has 2 N–H and O–H groups in total. The quantitative estimate of drug-likeness (QED) is 0.615. The average Bonchev–Trinajstić information content (AvgIpc) is 2.86. The monoisotopic (exact) mass is 258 g/mol. The molecule has 0 saturated heterocycles. The van der Waals surface area contributed by atoms with E-state index in [0.29, 0.717) is 13.0 Å². The fourth-order valence-electron chi connectivity index (χ4n) is 2.13. The van der Waals surface area contributed by atoms with Crippen molar-refractivity contribution in [3.05, 3.63) is 48.7 Å². The zero-order valence-electron chi connectivity index (χ0n) is 11.0. The second kappa shape index (κ2) is 6.20. The molecule has 0 aliphatic carbocycles. The lowest BCUT2D eigenvalue weighted by Crippen LogP contribution is -2.39. The molecule has 0 amide bonds. The molecule has 1 atom stereocenters. The van der Waals surface area contributed by atoms with E-state index in [1.54, 1.807) is 6.08 Å². The molecule has 2 rings (SSSR count). The number of benzene rings is 1. The van der Waals surface area contributed by atoms with Gasteiger partial charge >= 0.3 is 5.97 Å². The predicted octanol–water partition coefficient (Wildman–Crippen LogP) is 2.03. The first-order valence-electron chi connectivity index (χ1n) is 6.23. The van der Waals surface area contributed by atoms with Crippen LogP contribution in [0.25, 0.3) is 10.9 Å². The number of aromatic nitrogens is 1. The predicted molar refractivity (Wildman–Crippen MR) is 76.0 cm³/mol. The van der Waals surface area contributed by atoms with Crippen molar-refractivity contribution < 1.29 is 9.53 Å². The number of rotatable bonds is 6. The third-order valence-corrected chi connectivity index (χ3v) is 3.09. The Hall–Kier alpha value is -2.07. The third-order valence-electron chi connectivity index (χ3n) is 3.09. The number of esters is 1. The van der Waals surface area contributed by atoms with E-state index < -0.39 is 0 Å². The Kier molecular flexibility index (Phi) is 4.36. The smallest absolute Gasteiger partial charge is 0.323 e. The summed E-state index contributed by atoms with van der Waals surface area (Å²) in [6.45, 7) is 4.22. The van der Waals surface area contributed by atoms with Crippen molar-refractivity contribution in [3.63, 3.8) is 0 Å². The molecule has 0 saturated carbocycles. The molecule has 1 unspecified atom stereocenters. The number of nitrogens with one attached hydrogen (secondary N) is 2. The number of ether oxygens (including phenoxy) is 1. The summed E-state index contributed by atoms with van der Waals surface area (Å²) in [6, 6.07) is 7.68. The van der Waals surface area contributed by atoms with E-state index in [1.165, 1.54) is 7.11 Å². The van der Waals surface area contributed by atoms with Crippen molar-refractivity contribution in [1.29, 1.82) is 0 Å². The van der Waals surface area contributed by atoms with Gasteiger partial charge in [-0.05, 0) is 11.6 Å². The molecule has 100 valence electrons. The van der Waals surface area contributed by atoms with E-state index in [9.17, 15) is 4.79 Å². The lowest BCUT2D eigenvalue weighted by Gasteiger charge is -2.14. The summed E-state index contributed by atoms with van der Waals surface area (Å²) in [7, 11) is 1.40. The highest BCUT2D eigenvalue weighted by Gasteiger charge is 2.19. The zero-order chi connectivity index (χ0) is 13.7. The van der Waals surface area contributed by atoms with Gasteiger partial charge in [0.2, 0.25) is 0 Å². The van der Waals surface area contributed by atoms with Crippen LogP contribution in [0.5, 0.6) is 0 Å². The lowest BCUT2D eigenvalue weighted by molar-refractivity contribution is -0.143. The maximum absolute atomic E-state index is 11.8. The van der Waals surface area contributed by atoms with E-state index >= 15 is 0 Å². The molecule has 19 heavy (non-hydrogen) atoms. The van der Waals surface area contributed by atoms with Gasteiger partial charge in [-0.1, -0.05) is 24.3 Å². The number of aromatic amines is 1. The molecule has 0 aliphatic heterocycles. The van der Waals surface area contributed by atoms with Crippen LogP contribution in [0.15, 0.2) is 43.1 Å². The minimum Gasteiger partial charge on any atom is -0.468 e. The fraction of sp³-hybridized carbons (Fsp3) is 0.267. The molecule has 0 bridgehead atoms. The molecule has 1 aromatic carbocycles. The van der Waals surface area contributed by atoms with E-state index in [0.717, 1.165) is 16.5 Å². The van der Waals surface area contributed by atoms with E-state index in [1.807, 2.05) is 30.5 Å². The molecule has 2 aromatic rings. The molecular weight excluding hydrogens is 240 g/mol. The first kappa shape index (κ1) is 13.4. The summed E-state index contributed by atoms with van der Waals surface area (Å²) in [5.74, 6) is -0.257. The van der Waals surface area contributed by atoms with Crippen LogP contribution in [0.3, 0.4) is 0 Å². The Morgan fingerprint density at radius 2 is 2.32 bits per heavy atom. The van der Waals surface area contributed by atoms with Gasteiger partial charge in [-0.25, -0.2) is 0 Å². The van der Waals surface area contributed by atoms with Gasteiger partial charge in [0.25, 0.3) is 0 Å². The van der Waals surface area contributed by atoms with Gasteiger partial charge in [0, 0.05) is 30.1 Å². The first-order chi connectivity index (χ1) is 9.26. The van der Waals surface area contributed by atoms with Crippen LogP contribution in [-0.4, -0.2) is 30.6 Å². The second-order valence-corrected chi connectivity index (χ2v) is 4.34. The van der Waals surface area contributed by atoms with Crippen LogP contribution in [0.4, 0.5) is 0 Å². The van der Waals surface area contributed by atoms with Crippen molar-refractivity contribution in [2.45, 2.75) is 12.5 Å². The van der Waals surface area contributed by atoms with Crippen LogP contribution in [0, 0.1) is 0 Å². The summed E-state index contributed by atoms with van der Waals surface area (Å²) < 4.78 is 4.82. The Bertz CT molecular complexity index is 574. The summed E-state index contributed by atoms with van der Waals surface area (Å²) in [5, 5.41) is 4.25. The molecular formula is C15H18N2O2. The Labute approximate surface area is 112 Å². The number of H-pyrrole nitrogens is 1. The summed E-state index contributed by atoms with van der Waals surface area (Å²) in [6.07, 6.45) is 4.26. The number of carbonyl (C=O) groups is 1. The van der Waals surface area contributed by atoms with Gasteiger partial charge < -0.3 is 15.0 Å². The minimum absolute atomic E-state index is 0.257. The van der Waals surface area contributed by atoms with Gasteiger partial charge in [-0.2, -0.15) is 0 Å². The van der Waals surface area contributed by atoms with Gasteiger partial charge in [-0.3, -0.25) is 4.79 Å². The molecule has 0 fully saturated rings. The summed E-state index contributed by atoms with van der Waals surface area (Å²) >= 11 is 0. The van der Waals surface area contributed by atoms with Crippen LogP contribution in [0.2, 0.25) is 0 Å². The average molecular weight is 258 g/mol. The first-order valence-corrected chi connectivity index (χ1v) is 6.23. The van der Waals surface area contributed by atoms with Crippen LogP contribution >= 0.6 is 0 Å². The zero-order valence-corrected chi connectivity index (χ0v) is 11.0. The van der Waals surface area contributed by atoms with Gasteiger partial charge in [0.1, 0.15) is 6.04 Å². The van der Waals surface area contributed by atoms with Crippen molar-refractivity contribution in [2.75, 3.05) is 13.7 Å². The number of hydrogen-bond acceptors (Lipinski definition) is 3. The van der Waals surface area contributed by atoms with Crippen LogP contribution in [-0.2, 0) is 16.0 Å². The Morgan fingerprint density at radius 1 is 1.53 bits per heavy atom. The highest BCUT2D eigenvalue weighted by atomic mass is 16.5. The number of fused-ring (bicyclic) bond motifs is 1. The molecule has 1 heterocycles. The van der Waals surface area contributed by atoms with Gasteiger partial charge in [-0.15, -0.1) is 6.58 Å². The number of para-hydroxylation sites is 1. The Balaban J connectivity index is 2.20. The van der Waals surface area contributed by atoms with E-state index in [-0.39, 0.29) is 12.0 Å². The maximum atomic E-state index is 11.8. The number of carbonyl (C=O) groups excluding carboxylic acids is 1. The lowest BCUT2D eigenvalue weighted by atomic mass is 10.1. The van der Waals surface area contributed by atoms with E-state index in [2.05, 4.69) is 16.9 Å². The second-order valence-electron chi connectivity index (χ2n) is 4.34. The number of hydrogen-bond donors (Lipinski definition) is 2. The minimum atomic E-state index is -0.359. The SMILES string of the molecule is C=CCNC(Cc1c[nH]c2ccccc12)C(=O)OC. The summed E-state index contributed by atoms with van der Waals surface area (Å²) in [5.41, 5.74) is 2.17. The molecule has 4 heteroatoms.